The molecule has 0 unspecified atom stereocenters. The first-order valence-electron chi connectivity index (χ1n) is 2.64. The Hall–Kier alpha value is -0.305. The van der Waals surface area contributed by atoms with Gasteiger partial charge in [0, 0.05) is 0 Å². The topological polar surface area (TPSA) is 0 Å². The highest BCUT2D eigenvalue weighted by molar-refractivity contribution is 9.23. The molecule has 3 heteroatoms. The van der Waals surface area contributed by atoms with Gasteiger partial charge in [0.15, 0.2) is 0 Å². The molecule has 0 heterocycles. The second kappa shape index (κ2) is 3.02. The van der Waals surface area contributed by atoms with E-state index in [9.17, 15) is 4.39 Å². The third-order valence-corrected chi connectivity index (χ3v) is 1.71. The van der Waals surface area contributed by atoms with Gasteiger partial charge in [-0.1, -0.05) is 18.2 Å². The van der Waals surface area contributed by atoms with E-state index in [4.69, 9.17) is 0 Å². The Kier molecular flexibility index (Phi) is 2.28. The van der Waals surface area contributed by atoms with E-state index in [0.29, 0.717) is 11.6 Å². The Balaban J connectivity index is 3.01. The standard InChI is InChI=1S/C6H5BBrF/c8-7-5-3-1-2-4-6(5)9/h1-4,7H. The van der Waals surface area contributed by atoms with Gasteiger partial charge in [0.05, 0.1) is 0 Å². The minimum Gasteiger partial charge on any atom is -0.208 e. The molecule has 0 atom stereocenters. The summed E-state index contributed by atoms with van der Waals surface area (Å²) in [6.45, 7) is 0. The lowest BCUT2D eigenvalue weighted by Gasteiger charge is -1.92. The smallest absolute Gasteiger partial charge is 0.208 e. The summed E-state index contributed by atoms with van der Waals surface area (Å²) in [5.74, 6) is -0.144. The van der Waals surface area contributed by atoms with Crippen LogP contribution in [0.3, 0.4) is 0 Å². The first-order valence-corrected chi connectivity index (χ1v) is 3.76. The Bertz CT molecular complexity index is 202. The molecular formula is C6H5BBrF. The van der Waals surface area contributed by atoms with Crippen LogP contribution < -0.4 is 5.46 Å². The van der Waals surface area contributed by atoms with Crippen LogP contribution in [0, 0.1) is 5.82 Å². The number of rotatable bonds is 1. The van der Waals surface area contributed by atoms with E-state index in [1.807, 2.05) is 6.07 Å². The molecule has 9 heavy (non-hydrogen) atoms. The van der Waals surface area contributed by atoms with Crippen LogP contribution in [0.15, 0.2) is 24.3 Å². The highest BCUT2D eigenvalue weighted by atomic mass is 79.9. The highest BCUT2D eigenvalue weighted by Gasteiger charge is 1.96. The van der Waals surface area contributed by atoms with Gasteiger partial charge in [0.1, 0.15) is 5.82 Å². The number of hydrogen-bond acceptors (Lipinski definition) is 0. The van der Waals surface area contributed by atoms with E-state index in [1.165, 1.54) is 6.07 Å². The van der Waals surface area contributed by atoms with Crippen LogP contribution in [0.2, 0.25) is 0 Å². The summed E-state index contributed by atoms with van der Waals surface area (Å²) >= 11 is 3.17. The zero-order valence-electron chi connectivity index (χ0n) is 4.77. The molecule has 0 radical (unpaired) electrons. The van der Waals surface area contributed by atoms with E-state index < -0.39 is 0 Å². The molecule has 1 aromatic rings. The van der Waals surface area contributed by atoms with Crippen molar-refractivity contribution in [2.75, 3.05) is 0 Å². The fourth-order valence-electron chi connectivity index (χ4n) is 0.607. The molecule has 0 fully saturated rings. The molecule has 0 N–H and O–H groups in total. The summed E-state index contributed by atoms with van der Waals surface area (Å²) in [4.78, 5) is 0. The summed E-state index contributed by atoms with van der Waals surface area (Å²) in [7, 11) is 0. The quantitative estimate of drug-likeness (QED) is 0.579. The van der Waals surface area contributed by atoms with Crippen LogP contribution in [0.25, 0.3) is 0 Å². The predicted octanol–water partition coefficient (Wildman–Crippen LogP) is 1.20. The molecule has 0 saturated heterocycles. The summed E-state index contributed by atoms with van der Waals surface area (Å²) < 4.78 is 12.6. The molecule has 0 bridgehead atoms. The van der Waals surface area contributed by atoms with Gasteiger partial charge in [-0.15, -0.1) is 0 Å². The number of halogens is 2. The molecular weight excluding hydrogens is 182 g/mol. The van der Waals surface area contributed by atoms with E-state index in [0.717, 1.165) is 0 Å². The molecule has 0 spiro atoms. The van der Waals surface area contributed by atoms with Crippen LogP contribution in [0.4, 0.5) is 4.39 Å². The van der Waals surface area contributed by atoms with E-state index in [1.54, 1.807) is 12.1 Å². The summed E-state index contributed by atoms with van der Waals surface area (Å²) in [5, 5.41) is 0. The zero-order chi connectivity index (χ0) is 6.69. The van der Waals surface area contributed by atoms with Gasteiger partial charge in [0.2, 0.25) is 6.10 Å². The van der Waals surface area contributed by atoms with Crippen molar-refractivity contribution >= 4 is 27.3 Å². The lowest BCUT2D eigenvalue weighted by molar-refractivity contribution is 0.636. The van der Waals surface area contributed by atoms with Gasteiger partial charge in [-0.2, -0.15) is 15.8 Å². The Labute approximate surface area is 62.3 Å². The van der Waals surface area contributed by atoms with Crippen LogP contribution in [0.1, 0.15) is 0 Å². The second-order valence-electron chi connectivity index (χ2n) is 1.73. The van der Waals surface area contributed by atoms with E-state index in [-0.39, 0.29) is 5.82 Å². The van der Waals surface area contributed by atoms with Gasteiger partial charge in [-0.25, -0.2) is 4.39 Å². The van der Waals surface area contributed by atoms with Gasteiger partial charge in [0.25, 0.3) is 0 Å². The average molecular weight is 187 g/mol. The van der Waals surface area contributed by atoms with Crippen LogP contribution >= 0.6 is 15.8 Å². The highest BCUT2D eigenvalue weighted by Crippen LogP contribution is 1.92. The SMILES string of the molecule is Fc1ccccc1BBr. The van der Waals surface area contributed by atoms with Crippen molar-refractivity contribution in [3.05, 3.63) is 30.1 Å². The second-order valence-corrected chi connectivity index (χ2v) is 2.29. The van der Waals surface area contributed by atoms with Crippen molar-refractivity contribution < 1.29 is 4.39 Å². The molecule has 0 nitrogen and oxygen atoms in total. The van der Waals surface area contributed by atoms with Crippen molar-refractivity contribution in [1.29, 1.82) is 0 Å². The zero-order valence-corrected chi connectivity index (χ0v) is 6.36. The number of hydrogen-bond donors (Lipinski definition) is 0. The molecule has 0 aromatic heterocycles. The monoisotopic (exact) mass is 186 g/mol. The maximum atomic E-state index is 12.6. The van der Waals surface area contributed by atoms with Crippen LogP contribution in [-0.4, -0.2) is 6.10 Å². The van der Waals surface area contributed by atoms with Gasteiger partial charge in [-0.3, -0.25) is 0 Å². The third-order valence-electron chi connectivity index (χ3n) is 1.10. The largest absolute Gasteiger partial charge is 0.241 e. The van der Waals surface area contributed by atoms with Crippen LogP contribution in [-0.2, 0) is 0 Å². The van der Waals surface area contributed by atoms with Crippen molar-refractivity contribution in [3.63, 3.8) is 0 Å². The van der Waals surface area contributed by atoms with E-state index in [2.05, 4.69) is 15.8 Å². The van der Waals surface area contributed by atoms with Crippen molar-refractivity contribution in [1.82, 2.24) is 0 Å². The maximum Gasteiger partial charge on any atom is 0.241 e. The Morgan fingerprint density at radius 1 is 1.33 bits per heavy atom. The molecule has 0 aliphatic rings. The lowest BCUT2D eigenvalue weighted by atomic mass is 9.95. The average Bonchev–Trinajstić information content (AvgIpc) is 1.89. The first-order chi connectivity index (χ1) is 4.34. The molecule has 1 aromatic carbocycles. The minimum absolute atomic E-state index is 0.144. The minimum atomic E-state index is -0.144. The van der Waals surface area contributed by atoms with Gasteiger partial charge < -0.3 is 0 Å². The summed E-state index contributed by atoms with van der Waals surface area (Å²) in [6, 6.07) is 6.71. The predicted molar refractivity (Wildman–Crippen MR) is 42.1 cm³/mol. The van der Waals surface area contributed by atoms with Crippen molar-refractivity contribution in [2.24, 2.45) is 0 Å². The molecule has 0 saturated carbocycles. The fraction of sp³-hybridized carbons (Fsp3) is 0. The molecule has 46 valence electrons. The van der Waals surface area contributed by atoms with Crippen LogP contribution in [0.5, 0.6) is 0 Å². The molecule has 0 amide bonds. The van der Waals surface area contributed by atoms with Crippen molar-refractivity contribution in [3.8, 4) is 0 Å². The molecule has 0 aliphatic carbocycles. The van der Waals surface area contributed by atoms with Gasteiger partial charge in [-0.05, 0) is 11.5 Å². The lowest BCUT2D eigenvalue weighted by Crippen LogP contribution is -2.11. The summed E-state index contributed by atoms with van der Waals surface area (Å²) in [5.41, 5.74) is 0.706. The Morgan fingerprint density at radius 3 is 2.44 bits per heavy atom. The third kappa shape index (κ3) is 1.55. The van der Waals surface area contributed by atoms with E-state index >= 15 is 0 Å². The Morgan fingerprint density at radius 2 is 2.00 bits per heavy atom. The molecule has 1 rings (SSSR count). The van der Waals surface area contributed by atoms with Gasteiger partial charge >= 0.3 is 0 Å². The molecule has 0 aliphatic heterocycles. The first kappa shape index (κ1) is 6.81. The normalized spacial score (nSPS) is 9.11. The fourth-order valence-corrected chi connectivity index (χ4v) is 1.06. The number of benzene rings is 1. The summed E-state index contributed by atoms with van der Waals surface area (Å²) in [6.07, 6.45) is 0.583. The maximum absolute atomic E-state index is 12.6. The van der Waals surface area contributed by atoms with Crippen molar-refractivity contribution in [2.45, 2.75) is 0 Å².